The fraction of sp³-hybridized carbons (Fsp3) is 0.214. The highest BCUT2D eigenvalue weighted by Gasteiger charge is 2.14. The van der Waals surface area contributed by atoms with E-state index in [0.717, 1.165) is 0 Å². The number of halogens is 1. The second-order valence-corrected chi connectivity index (χ2v) is 4.85. The molecule has 6 heteroatoms. The molecule has 2 rings (SSSR count). The fourth-order valence-electron chi connectivity index (χ4n) is 1.81. The molecule has 104 valence electrons. The van der Waals surface area contributed by atoms with Crippen LogP contribution in [0.3, 0.4) is 0 Å². The molecule has 0 fully saturated rings. The largest absolute Gasteiger partial charge is 0.487 e. The Morgan fingerprint density at radius 3 is 2.70 bits per heavy atom. The van der Waals surface area contributed by atoms with Crippen LogP contribution in [0.1, 0.15) is 16.8 Å². The number of hydrogen-bond donors (Lipinski definition) is 0. The van der Waals surface area contributed by atoms with Crippen molar-refractivity contribution in [3.05, 3.63) is 62.4 Å². The Hall–Kier alpha value is -2.14. The van der Waals surface area contributed by atoms with Gasteiger partial charge in [0.25, 0.3) is 5.69 Å². The van der Waals surface area contributed by atoms with Crippen LogP contribution in [0, 0.1) is 24.0 Å². The van der Waals surface area contributed by atoms with Crippen molar-refractivity contribution in [3.8, 4) is 5.75 Å². The van der Waals surface area contributed by atoms with Crippen LogP contribution in [0.5, 0.6) is 5.75 Å². The number of hydrogen-bond acceptors (Lipinski definition) is 4. The van der Waals surface area contributed by atoms with Gasteiger partial charge in [0.1, 0.15) is 12.4 Å². The Morgan fingerprint density at radius 1 is 1.30 bits per heavy atom. The zero-order valence-electron chi connectivity index (χ0n) is 11.1. The normalized spacial score (nSPS) is 10.3. The number of pyridine rings is 1. The molecule has 5 nitrogen and oxygen atoms in total. The van der Waals surface area contributed by atoms with Crippen LogP contribution in [0.25, 0.3) is 0 Å². The summed E-state index contributed by atoms with van der Waals surface area (Å²) in [6.45, 7) is 3.72. The van der Waals surface area contributed by atoms with E-state index in [4.69, 9.17) is 16.3 Å². The summed E-state index contributed by atoms with van der Waals surface area (Å²) in [6, 6.07) is 6.58. The average molecular weight is 293 g/mol. The summed E-state index contributed by atoms with van der Waals surface area (Å²) in [5.74, 6) is 0.606. The summed E-state index contributed by atoms with van der Waals surface area (Å²) in [5.41, 5.74) is 2.07. The zero-order valence-corrected chi connectivity index (χ0v) is 11.8. The van der Waals surface area contributed by atoms with Crippen molar-refractivity contribution in [2.24, 2.45) is 0 Å². The molecule has 0 bridgehead atoms. The molecule has 0 aliphatic heterocycles. The molecule has 0 amide bonds. The molecule has 0 aliphatic rings. The van der Waals surface area contributed by atoms with Gasteiger partial charge in [-0.3, -0.25) is 15.1 Å². The van der Waals surface area contributed by atoms with Gasteiger partial charge in [-0.2, -0.15) is 0 Å². The minimum atomic E-state index is -0.398. The molecule has 0 saturated carbocycles. The highest BCUT2D eigenvalue weighted by atomic mass is 35.5. The highest BCUT2D eigenvalue weighted by molar-refractivity contribution is 6.30. The third-order valence-corrected chi connectivity index (χ3v) is 3.08. The van der Waals surface area contributed by atoms with Crippen LogP contribution >= 0.6 is 11.6 Å². The lowest BCUT2D eigenvalue weighted by molar-refractivity contribution is -0.385. The van der Waals surface area contributed by atoms with Crippen LogP contribution in [0.15, 0.2) is 30.5 Å². The Morgan fingerprint density at radius 2 is 2.05 bits per heavy atom. The van der Waals surface area contributed by atoms with Gasteiger partial charge in [-0.25, -0.2) is 0 Å². The van der Waals surface area contributed by atoms with Gasteiger partial charge in [0.15, 0.2) is 0 Å². The van der Waals surface area contributed by atoms with Crippen molar-refractivity contribution in [2.45, 2.75) is 20.5 Å². The van der Waals surface area contributed by atoms with Gasteiger partial charge < -0.3 is 4.74 Å². The Kier molecular flexibility index (Phi) is 4.20. The maximum absolute atomic E-state index is 10.8. The van der Waals surface area contributed by atoms with E-state index in [2.05, 4.69) is 4.98 Å². The number of nitro benzene ring substituents is 1. The topological polar surface area (TPSA) is 65.3 Å². The fourth-order valence-corrected chi connectivity index (χ4v) is 1.99. The molecule has 0 radical (unpaired) electrons. The standard InChI is InChI=1S/C14H13ClN2O3/c1-9-6-14(10(2)5-13(9)17(18)19)20-8-12-7-11(15)3-4-16-12/h3-7H,8H2,1-2H3. The first-order valence-electron chi connectivity index (χ1n) is 5.96. The first-order chi connectivity index (χ1) is 9.47. The lowest BCUT2D eigenvalue weighted by Gasteiger charge is -2.10. The monoisotopic (exact) mass is 292 g/mol. The molecule has 1 heterocycles. The number of nitrogens with zero attached hydrogens (tertiary/aromatic N) is 2. The van der Waals surface area contributed by atoms with Gasteiger partial charge in [0.2, 0.25) is 0 Å². The maximum Gasteiger partial charge on any atom is 0.272 e. The molecule has 0 atom stereocenters. The van der Waals surface area contributed by atoms with E-state index in [1.807, 2.05) is 0 Å². The summed E-state index contributed by atoms with van der Waals surface area (Å²) < 4.78 is 5.65. The summed E-state index contributed by atoms with van der Waals surface area (Å²) in [7, 11) is 0. The van der Waals surface area contributed by atoms with Gasteiger partial charge in [-0.05, 0) is 37.6 Å². The quantitative estimate of drug-likeness (QED) is 0.634. The van der Waals surface area contributed by atoms with Crippen molar-refractivity contribution in [1.29, 1.82) is 0 Å². The summed E-state index contributed by atoms with van der Waals surface area (Å²) in [4.78, 5) is 14.6. The van der Waals surface area contributed by atoms with Gasteiger partial charge in [-0.15, -0.1) is 0 Å². The summed E-state index contributed by atoms with van der Waals surface area (Å²) >= 11 is 5.87. The predicted molar refractivity (Wildman–Crippen MR) is 76.1 cm³/mol. The third kappa shape index (κ3) is 3.24. The van der Waals surface area contributed by atoms with Crippen LogP contribution in [0.2, 0.25) is 5.02 Å². The van der Waals surface area contributed by atoms with E-state index in [9.17, 15) is 10.1 Å². The van der Waals surface area contributed by atoms with E-state index in [0.29, 0.717) is 27.6 Å². The van der Waals surface area contributed by atoms with Crippen molar-refractivity contribution in [3.63, 3.8) is 0 Å². The number of aryl methyl sites for hydroxylation is 2. The molecule has 1 aromatic carbocycles. The van der Waals surface area contributed by atoms with E-state index < -0.39 is 4.92 Å². The van der Waals surface area contributed by atoms with Crippen molar-refractivity contribution in [2.75, 3.05) is 0 Å². The first kappa shape index (κ1) is 14.3. The number of rotatable bonds is 4. The molecular weight excluding hydrogens is 280 g/mol. The number of ether oxygens (including phenoxy) is 1. The van der Waals surface area contributed by atoms with Crippen molar-refractivity contribution < 1.29 is 9.66 Å². The first-order valence-corrected chi connectivity index (χ1v) is 6.34. The number of aromatic nitrogens is 1. The van der Waals surface area contributed by atoms with Gasteiger partial charge in [0.05, 0.1) is 10.6 Å². The lowest BCUT2D eigenvalue weighted by Crippen LogP contribution is -2.01. The minimum absolute atomic E-state index is 0.0933. The van der Waals surface area contributed by atoms with E-state index in [1.165, 1.54) is 6.07 Å². The van der Waals surface area contributed by atoms with Crippen LogP contribution in [-0.2, 0) is 6.61 Å². The number of benzene rings is 1. The predicted octanol–water partition coefficient (Wildman–Crippen LogP) is 3.84. The molecule has 1 aromatic heterocycles. The molecule has 20 heavy (non-hydrogen) atoms. The Bertz CT molecular complexity index is 659. The molecule has 0 spiro atoms. The van der Waals surface area contributed by atoms with E-state index in [-0.39, 0.29) is 12.3 Å². The molecule has 0 unspecified atom stereocenters. The number of nitro groups is 1. The SMILES string of the molecule is Cc1cc([N+](=O)[O-])c(C)cc1OCc1cc(Cl)ccn1. The van der Waals surface area contributed by atoms with Crippen LogP contribution in [-0.4, -0.2) is 9.91 Å². The molecule has 2 aromatic rings. The molecule has 0 N–H and O–H groups in total. The Balaban J connectivity index is 2.18. The molecular formula is C14H13ClN2O3. The van der Waals surface area contributed by atoms with Crippen molar-refractivity contribution in [1.82, 2.24) is 4.98 Å². The second-order valence-electron chi connectivity index (χ2n) is 4.42. The van der Waals surface area contributed by atoms with E-state index in [1.54, 1.807) is 38.2 Å². The van der Waals surface area contributed by atoms with Gasteiger partial charge >= 0.3 is 0 Å². The second kappa shape index (κ2) is 5.88. The van der Waals surface area contributed by atoms with Gasteiger partial charge in [-0.1, -0.05) is 11.6 Å². The molecule has 0 saturated heterocycles. The smallest absolute Gasteiger partial charge is 0.272 e. The lowest BCUT2D eigenvalue weighted by atomic mass is 10.1. The summed E-state index contributed by atoms with van der Waals surface area (Å²) in [6.07, 6.45) is 1.61. The molecule has 0 aliphatic carbocycles. The van der Waals surface area contributed by atoms with E-state index >= 15 is 0 Å². The van der Waals surface area contributed by atoms with Crippen molar-refractivity contribution >= 4 is 17.3 Å². The van der Waals surface area contributed by atoms with Crippen LogP contribution in [0.4, 0.5) is 5.69 Å². The van der Waals surface area contributed by atoms with Crippen LogP contribution < -0.4 is 4.74 Å². The highest BCUT2D eigenvalue weighted by Crippen LogP contribution is 2.28. The zero-order chi connectivity index (χ0) is 14.7. The Labute approximate surface area is 121 Å². The maximum atomic E-state index is 10.8. The minimum Gasteiger partial charge on any atom is -0.487 e. The summed E-state index contributed by atoms with van der Waals surface area (Å²) in [5, 5.41) is 11.4. The average Bonchev–Trinajstić information content (AvgIpc) is 2.39. The third-order valence-electron chi connectivity index (χ3n) is 2.84. The van der Waals surface area contributed by atoms with Gasteiger partial charge in [0, 0.05) is 22.8 Å².